The molecule has 0 spiro atoms. The molecule has 1 aliphatic carbocycles. The Morgan fingerprint density at radius 2 is 0.676 bits per heavy atom. The van der Waals surface area contributed by atoms with Crippen molar-refractivity contribution in [2.24, 2.45) is 0 Å². The number of rotatable bonds is 5. The second kappa shape index (κ2) is 14.6. The first kappa shape index (κ1) is 38.6. The lowest BCUT2D eigenvalue weighted by Crippen LogP contribution is -2.02. The van der Waals surface area contributed by atoms with Crippen molar-refractivity contribution in [3.05, 3.63) is 242 Å². The zero-order valence-corrected chi connectivity index (χ0v) is 38.7. The lowest BCUT2D eigenvalue weighted by atomic mass is 10.0. The molecule has 1 aliphatic rings. The third-order valence-electron chi connectivity index (χ3n) is 15.5. The van der Waals surface area contributed by atoms with Crippen LogP contribution in [0.15, 0.2) is 231 Å². The molecular weight excluding hydrogens is 863 g/mol. The minimum atomic E-state index is 1.05. The summed E-state index contributed by atoms with van der Waals surface area (Å²) in [7, 11) is 0. The van der Waals surface area contributed by atoms with Crippen LogP contribution in [0.1, 0.15) is 17.7 Å². The molecule has 5 nitrogen and oxygen atoms in total. The second-order valence-electron chi connectivity index (χ2n) is 19.2. The van der Waals surface area contributed by atoms with E-state index in [9.17, 15) is 0 Å². The molecule has 0 atom stereocenters. The lowest BCUT2D eigenvalue weighted by molar-refractivity contribution is 0.966. The Balaban J connectivity index is 0.960. The number of benzene rings is 10. The van der Waals surface area contributed by atoms with E-state index in [-0.39, 0.29) is 0 Å². The number of allylic oxidation sites excluding steroid dienone is 1. The second-order valence-corrected chi connectivity index (χ2v) is 19.2. The standard InChI is InChI=1S/C66H43N5/c1-2-18-42(19-3-1)69-58-32-12-7-27-50(58)53-36-37-54-51-28-8-14-34-60(51)71(66(54)65(53)69)46-23-17-21-44(41-46)68-61-35-15-9-29-55(61)63-62(68)39-38-52-49-26-6-13-33-59(49)70(64(52)63)45-22-16-20-43(40-45)67-56-30-10-4-24-47(56)48-25-5-11-31-57(48)67/h1-4,6-24,26-41H,5,25H2. The summed E-state index contributed by atoms with van der Waals surface area (Å²) in [5.41, 5.74) is 19.1. The Morgan fingerprint density at radius 3 is 1.27 bits per heavy atom. The molecule has 0 fully saturated rings. The predicted molar refractivity (Wildman–Crippen MR) is 298 cm³/mol. The van der Waals surface area contributed by atoms with Gasteiger partial charge in [-0.25, -0.2) is 0 Å². The van der Waals surface area contributed by atoms with E-state index in [1.807, 2.05) is 0 Å². The largest absolute Gasteiger partial charge is 0.310 e. The Morgan fingerprint density at radius 1 is 0.268 bits per heavy atom. The molecule has 0 N–H and O–H groups in total. The average molecular weight is 906 g/mol. The third-order valence-corrected chi connectivity index (χ3v) is 15.5. The van der Waals surface area contributed by atoms with Crippen LogP contribution in [0, 0.1) is 0 Å². The minimum Gasteiger partial charge on any atom is -0.310 e. The first-order valence-corrected chi connectivity index (χ1v) is 24.7. The zero-order valence-electron chi connectivity index (χ0n) is 38.7. The highest BCUT2D eigenvalue weighted by atomic mass is 15.1. The summed E-state index contributed by atoms with van der Waals surface area (Å²) in [5.74, 6) is 0. The number of nitrogens with zero attached hydrogens (tertiary/aromatic N) is 5. The molecule has 15 aromatic rings. The molecule has 5 heterocycles. The number of fused-ring (bicyclic) bond motifs is 17. The molecule has 0 unspecified atom stereocenters. The van der Waals surface area contributed by atoms with Gasteiger partial charge in [0.1, 0.15) is 0 Å². The molecule has 10 aromatic carbocycles. The van der Waals surface area contributed by atoms with E-state index in [1.54, 1.807) is 0 Å². The maximum Gasteiger partial charge on any atom is 0.0788 e. The molecular formula is C66H43N5. The summed E-state index contributed by atoms with van der Waals surface area (Å²) < 4.78 is 12.4. The fourth-order valence-electron chi connectivity index (χ4n) is 12.7. The van der Waals surface area contributed by atoms with Crippen molar-refractivity contribution < 1.29 is 0 Å². The Labute approximate surface area is 408 Å². The van der Waals surface area contributed by atoms with Crippen LogP contribution in [-0.4, -0.2) is 22.8 Å². The summed E-state index contributed by atoms with van der Waals surface area (Å²) in [6.07, 6.45) is 6.77. The van der Waals surface area contributed by atoms with Crippen LogP contribution in [0.25, 0.3) is 133 Å². The lowest BCUT2D eigenvalue weighted by Gasteiger charge is -2.15. The van der Waals surface area contributed by atoms with Crippen LogP contribution in [0.2, 0.25) is 0 Å². The predicted octanol–water partition coefficient (Wildman–Crippen LogP) is 17.0. The van der Waals surface area contributed by atoms with E-state index in [1.165, 1.54) is 109 Å². The fraction of sp³-hybridized carbons (Fsp3) is 0.0303. The Hall–Kier alpha value is -9.32. The van der Waals surface area contributed by atoms with Crippen molar-refractivity contribution >= 4 is 104 Å². The molecule has 332 valence electrons. The van der Waals surface area contributed by atoms with Crippen molar-refractivity contribution in [2.75, 3.05) is 0 Å². The van der Waals surface area contributed by atoms with E-state index >= 15 is 0 Å². The van der Waals surface area contributed by atoms with Gasteiger partial charge in [-0.3, -0.25) is 0 Å². The smallest absolute Gasteiger partial charge is 0.0788 e. The van der Waals surface area contributed by atoms with Gasteiger partial charge in [0.25, 0.3) is 0 Å². The van der Waals surface area contributed by atoms with Crippen molar-refractivity contribution in [3.8, 4) is 28.4 Å². The third kappa shape index (κ3) is 5.29. The van der Waals surface area contributed by atoms with Crippen molar-refractivity contribution in [1.29, 1.82) is 0 Å². The summed E-state index contributed by atoms with van der Waals surface area (Å²) in [4.78, 5) is 0. The number of para-hydroxylation sites is 6. The van der Waals surface area contributed by atoms with Crippen LogP contribution >= 0.6 is 0 Å². The Kier molecular flexibility index (Phi) is 7.94. The molecule has 0 radical (unpaired) electrons. The monoisotopic (exact) mass is 905 g/mol. The highest BCUT2D eigenvalue weighted by Crippen LogP contribution is 2.45. The van der Waals surface area contributed by atoms with Crippen LogP contribution in [0.5, 0.6) is 0 Å². The number of aromatic nitrogens is 5. The van der Waals surface area contributed by atoms with Crippen LogP contribution in [0.4, 0.5) is 0 Å². The van der Waals surface area contributed by atoms with Crippen LogP contribution in [-0.2, 0) is 6.42 Å². The van der Waals surface area contributed by atoms with Crippen LogP contribution < -0.4 is 0 Å². The fourth-order valence-corrected chi connectivity index (χ4v) is 12.7. The van der Waals surface area contributed by atoms with Gasteiger partial charge in [0.05, 0.1) is 49.7 Å². The number of aryl methyl sites for hydroxylation is 1. The molecule has 5 aromatic heterocycles. The van der Waals surface area contributed by atoms with Crippen molar-refractivity contribution in [2.45, 2.75) is 12.8 Å². The van der Waals surface area contributed by atoms with Crippen molar-refractivity contribution in [1.82, 2.24) is 22.8 Å². The van der Waals surface area contributed by atoms with Gasteiger partial charge in [-0.15, -0.1) is 0 Å². The van der Waals surface area contributed by atoms with E-state index in [2.05, 4.69) is 259 Å². The van der Waals surface area contributed by atoms with Crippen molar-refractivity contribution in [3.63, 3.8) is 0 Å². The van der Waals surface area contributed by atoms with Gasteiger partial charge < -0.3 is 22.8 Å². The molecule has 5 heteroatoms. The molecule has 0 saturated carbocycles. The summed E-state index contributed by atoms with van der Waals surface area (Å²) in [6, 6.07) is 83.1. The SMILES string of the molecule is C1=Cc2c(c3ccccc3n2-c2cccc(-n3c4ccccc4c4ccc5c(c6ccccc6n5-c5cccc(-n6c7ccccc7c7ccc8c9ccccc9n(-c9ccccc9)c8c76)c5)c43)c2)CC1. The van der Waals surface area contributed by atoms with Gasteiger partial charge in [0.15, 0.2) is 0 Å². The maximum atomic E-state index is 2.52. The normalized spacial score (nSPS) is 12.9. The van der Waals surface area contributed by atoms with E-state index in [4.69, 9.17) is 0 Å². The molecule has 0 aliphatic heterocycles. The topological polar surface area (TPSA) is 24.6 Å². The summed E-state index contributed by atoms with van der Waals surface area (Å²) >= 11 is 0. The minimum absolute atomic E-state index is 1.05. The van der Waals surface area contributed by atoms with Gasteiger partial charge in [-0.05, 0) is 109 Å². The molecule has 16 rings (SSSR count). The van der Waals surface area contributed by atoms with Gasteiger partial charge >= 0.3 is 0 Å². The number of hydrogen-bond donors (Lipinski definition) is 0. The van der Waals surface area contributed by atoms with E-state index in [0.29, 0.717) is 0 Å². The van der Waals surface area contributed by atoms with Gasteiger partial charge in [0, 0.05) is 82.6 Å². The zero-order chi connectivity index (χ0) is 46.3. The van der Waals surface area contributed by atoms with E-state index in [0.717, 1.165) is 41.3 Å². The van der Waals surface area contributed by atoms with Crippen LogP contribution in [0.3, 0.4) is 0 Å². The highest BCUT2D eigenvalue weighted by molar-refractivity contribution is 6.27. The van der Waals surface area contributed by atoms with E-state index < -0.39 is 0 Å². The number of hydrogen-bond acceptors (Lipinski definition) is 0. The highest BCUT2D eigenvalue weighted by Gasteiger charge is 2.25. The quantitative estimate of drug-likeness (QED) is 0.164. The molecule has 71 heavy (non-hydrogen) atoms. The first-order chi connectivity index (χ1) is 35.3. The van der Waals surface area contributed by atoms with Gasteiger partial charge in [0.2, 0.25) is 0 Å². The maximum absolute atomic E-state index is 2.52. The molecule has 0 amide bonds. The average Bonchev–Trinajstić information content (AvgIpc) is 4.24. The first-order valence-electron chi connectivity index (χ1n) is 24.7. The summed E-state index contributed by atoms with van der Waals surface area (Å²) in [5, 5.41) is 11.2. The molecule has 0 saturated heterocycles. The Bertz CT molecular complexity index is 4760. The molecule has 0 bridgehead atoms. The van der Waals surface area contributed by atoms with Gasteiger partial charge in [-0.1, -0.05) is 146 Å². The summed E-state index contributed by atoms with van der Waals surface area (Å²) in [6.45, 7) is 0. The van der Waals surface area contributed by atoms with Gasteiger partial charge in [-0.2, -0.15) is 0 Å².